The van der Waals surface area contributed by atoms with Crippen molar-refractivity contribution in [2.24, 2.45) is 10.8 Å². The van der Waals surface area contributed by atoms with E-state index in [-0.39, 0.29) is 10.8 Å². The van der Waals surface area contributed by atoms with Crippen LogP contribution in [0.5, 0.6) is 0 Å². The molecule has 0 radical (unpaired) electrons. The Morgan fingerprint density at radius 2 is 1.21 bits per heavy atom. The van der Waals surface area contributed by atoms with Gasteiger partial charge in [0, 0.05) is 0 Å². The number of allylic oxidation sites excluding steroid dienone is 12. The predicted molar refractivity (Wildman–Crippen MR) is 149 cm³/mol. The van der Waals surface area contributed by atoms with Gasteiger partial charge < -0.3 is 0 Å². The molecule has 33 heavy (non-hydrogen) atoms. The van der Waals surface area contributed by atoms with Gasteiger partial charge in [0.1, 0.15) is 0 Å². The fraction of sp³-hybridized carbons (Fsp3) is 0.613. The molecule has 0 unspecified atom stereocenters. The van der Waals surface area contributed by atoms with Crippen LogP contribution >= 0.6 is 0 Å². The van der Waals surface area contributed by atoms with E-state index in [9.17, 15) is 0 Å². The van der Waals surface area contributed by atoms with Crippen LogP contribution in [0, 0.1) is 10.8 Å². The molecule has 0 saturated carbocycles. The van der Waals surface area contributed by atoms with Crippen molar-refractivity contribution in [2.75, 3.05) is 0 Å². The molecule has 0 bridgehead atoms. The molecule has 0 fully saturated rings. The summed E-state index contributed by atoms with van der Waals surface area (Å²) in [5, 5.41) is 0. The monoisotopic (exact) mass is 540 g/mol. The number of rotatable bonds is 8. The van der Waals surface area contributed by atoms with Crippen LogP contribution in [0.2, 0.25) is 13.1 Å². The molecule has 0 atom stereocenters. The van der Waals surface area contributed by atoms with E-state index in [4.69, 9.17) is 0 Å². The fourth-order valence-corrected chi connectivity index (χ4v) is 44.9. The molecule has 3 rings (SSSR count). The molecule has 2 heteroatoms. The van der Waals surface area contributed by atoms with E-state index >= 15 is 0 Å². The summed E-state index contributed by atoms with van der Waals surface area (Å²) in [4.78, 5) is 0. The summed E-state index contributed by atoms with van der Waals surface area (Å²) in [6, 6.07) is 0. The van der Waals surface area contributed by atoms with E-state index in [2.05, 4.69) is 101 Å². The molecular weight excluding hydrogens is 492 g/mol. The zero-order valence-electron chi connectivity index (χ0n) is 23.8. The summed E-state index contributed by atoms with van der Waals surface area (Å²) >= 11 is -3.22. The minimum absolute atomic E-state index is 0.191. The molecule has 0 spiro atoms. The van der Waals surface area contributed by atoms with Crippen molar-refractivity contribution in [2.45, 2.75) is 114 Å². The van der Waals surface area contributed by atoms with Crippen LogP contribution in [0.25, 0.3) is 0 Å². The SMILES string of the molecule is CCCC1=[C]([Zr]([C]2=CC=CC2)([C]2=C(CCC)C(C)=C(C)C2(C)C)[SiH](C)C)C(C)(C)C(C)=C1C. The quantitative estimate of drug-likeness (QED) is 0.268. The third-order valence-electron chi connectivity index (χ3n) is 9.69. The van der Waals surface area contributed by atoms with E-state index in [1.165, 1.54) is 32.1 Å². The van der Waals surface area contributed by atoms with Crippen molar-refractivity contribution in [3.63, 3.8) is 0 Å². The summed E-state index contributed by atoms with van der Waals surface area (Å²) in [7, 11) is 0. The van der Waals surface area contributed by atoms with Crippen LogP contribution in [0.4, 0.5) is 0 Å². The molecule has 0 aliphatic heterocycles. The topological polar surface area (TPSA) is 0 Å². The molecule has 3 aliphatic rings. The predicted octanol–water partition coefficient (Wildman–Crippen LogP) is 9.83. The van der Waals surface area contributed by atoms with E-state index in [1.807, 2.05) is 9.84 Å². The molecule has 0 amide bonds. The first kappa shape index (κ1) is 27.1. The third kappa shape index (κ3) is 3.85. The summed E-state index contributed by atoms with van der Waals surface area (Å²) in [5.41, 5.74) is 10.5. The van der Waals surface area contributed by atoms with Crippen molar-refractivity contribution < 1.29 is 19.4 Å². The Bertz CT molecular complexity index is 955. The molecular formula is C31H50SiZr. The summed E-state index contributed by atoms with van der Waals surface area (Å²) in [6.45, 7) is 30.4. The van der Waals surface area contributed by atoms with Crippen molar-refractivity contribution in [1.29, 1.82) is 0 Å². The van der Waals surface area contributed by atoms with Crippen LogP contribution in [0.1, 0.15) is 101 Å². The van der Waals surface area contributed by atoms with Gasteiger partial charge in [-0.1, -0.05) is 0 Å². The van der Waals surface area contributed by atoms with Crippen molar-refractivity contribution in [1.82, 2.24) is 0 Å². The van der Waals surface area contributed by atoms with Crippen LogP contribution in [0.15, 0.2) is 61.5 Å². The maximum atomic E-state index is 2.74. The first-order chi connectivity index (χ1) is 15.3. The second-order valence-corrected chi connectivity index (χ2v) is 36.2. The van der Waals surface area contributed by atoms with Gasteiger partial charge >= 0.3 is 212 Å². The van der Waals surface area contributed by atoms with Crippen molar-refractivity contribution in [3.05, 3.63) is 61.5 Å². The first-order valence-corrected chi connectivity index (χ1v) is 24.4. The third-order valence-corrected chi connectivity index (χ3v) is 41.6. The average Bonchev–Trinajstić information content (AvgIpc) is 3.37. The van der Waals surface area contributed by atoms with Crippen molar-refractivity contribution >= 4 is 5.92 Å². The molecule has 182 valence electrons. The van der Waals surface area contributed by atoms with E-state index in [0.717, 1.165) is 0 Å². The maximum absolute atomic E-state index is 3.22. The van der Waals surface area contributed by atoms with Crippen molar-refractivity contribution in [3.8, 4) is 0 Å². The Hall–Kier alpha value is -0.460. The molecule has 0 saturated heterocycles. The Morgan fingerprint density at radius 1 is 0.788 bits per heavy atom. The molecule has 0 aromatic heterocycles. The standard InChI is InChI=1S/2C12H19.C5H5.C2H7Si.Zr/c2*1-6-7-11-8-12(4,5)10(3)9(11)2;1-2-4-5-3-1;1-3-2;/h2*6-7H2,1-5H3;1-3H,4H2;3H,1-2H3;. The number of hydrogen-bond donors (Lipinski definition) is 0. The molecule has 0 heterocycles. The zero-order valence-corrected chi connectivity index (χ0v) is 27.5. The summed E-state index contributed by atoms with van der Waals surface area (Å²) < 4.78 is 5.87. The summed E-state index contributed by atoms with van der Waals surface area (Å²) in [6.07, 6.45) is 13.7. The van der Waals surface area contributed by atoms with Crippen LogP contribution in [-0.4, -0.2) is 5.92 Å². The van der Waals surface area contributed by atoms with E-state index < -0.39 is 25.4 Å². The molecule has 0 aromatic carbocycles. The van der Waals surface area contributed by atoms with Gasteiger partial charge in [0.2, 0.25) is 0 Å². The molecule has 0 aromatic rings. The van der Waals surface area contributed by atoms with Crippen LogP contribution in [0.3, 0.4) is 0 Å². The fourth-order valence-electron chi connectivity index (χ4n) is 7.62. The van der Waals surface area contributed by atoms with Gasteiger partial charge in [-0.25, -0.2) is 0 Å². The second-order valence-electron chi connectivity index (χ2n) is 12.2. The average molecular weight is 542 g/mol. The Balaban J connectivity index is 2.55. The minimum atomic E-state index is -3.22. The molecule has 0 nitrogen and oxygen atoms in total. The van der Waals surface area contributed by atoms with Crippen LogP contribution in [-0.2, 0) is 19.4 Å². The van der Waals surface area contributed by atoms with Gasteiger partial charge in [0.15, 0.2) is 0 Å². The van der Waals surface area contributed by atoms with Crippen LogP contribution < -0.4 is 0 Å². The first-order valence-electron chi connectivity index (χ1n) is 13.5. The Kier molecular flexibility index (Phi) is 7.84. The molecule has 3 aliphatic carbocycles. The van der Waals surface area contributed by atoms with Gasteiger partial charge in [0.25, 0.3) is 0 Å². The second kappa shape index (κ2) is 9.54. The Labute approximate surface area is 211 Å². The van der Waals surface area contributed by atoms with Gasteiger partial charge in [-0.2, -0.15) is 0 Å². The van der Waals surface area contributed by atoms with E-state index in [0.29, 0.717) is 0 Å². The molecule has 0 N–H and O–H groups in total. The zero-order chi connectivity index (χ0) is 24.9. The van der Waals surface area contributed by atoms with Gasteiger partial charge in [-0.05, 0) is 0 Å². The summed E-state index contributed by atoms with van der Waals surface area (Å²) in [5.74, 6) is -1.05. The van der Waals surface area contributed by atoms with Gasteiger partial charge in [-0.15, -0.1) is 0 Å². The normalized spacial score (nSPS) is 22.6. The Morgan fingerprint density at radius 3 is 1.52 bits per heavy atom. The van der Waals surface area contributed by atoms with E-state index in [1.54, 1.807) is 33.4 Å². The number of hydrogen-bond acceptors (Lipinski definition) is 0. The van der Waals surface area contributed by atoms with Gasteiger partial charge in [-0.3, -0.25) is 0 Å². The van der Waals surface area contributed by atoms with Gasteiger partial charge in [0.05, 0.1) is 0 Å².